The van der Waals surface area contributed by atoms with Gasteiger partial charge in [0.05, 0.1) is 19.3 Å². The number of hydrogen-bond acceptors (Lipinski definition) is 15. The molecule has 3 fully saturated rings. The number of aliphatic hydroxyl groups excluding tert-OH is 8. The number of hydrogen-bond donors (Lipinski definition) is 10. The highest BCUT2D eigenvalue weighted by molar-refractivity contribution is 5.73. The Hall–Kier alpha value is -1.58. The molecule has 3 saturated heterocycles. The minimum Gasteiger partial charge on any atom is -0.394 e. The monoisotopic (exact) mass is 570 g/mol. The number of carbonyl (C=O) groups excluding carboxylic acids is 2. The Kier molecular flexibility index (Phi) is 11.0. The molecule has 3 heterocycles. The molecular formula is C22H38N2O15. The lowest BCUT2D eigenvalue weighted by Gasteiger charge is -2.47. The number of carbonyl (C=O) groups is 2. The van der Waals surface area contributed by atoms with Gasteiger partial charge < -0.3 is 75.2 Å². The summed E-state index contributed by atoms with van der Waals surface area (Å²) in [7, 11) is 0. The van der Waals surface area contributed by atoms with Gasteiger partial charge in [-0.05, 0) is 6.92 Å². The zero-order valence-electron chi connectivity index (χ0n) is 21.5. The average molecular weight is 571 g/mol. The average Bonchev–Trinajstić information content (AvgIpc) is 2.87. The largest absolute Gasteiger partial charge is 0.394 e. The normalized spacial score (nSPS) is 46.9. The molecule has 2 amide bonds. The van der Waals surface area contributed by atoms with Gasteiger partial charge in [-0.2, -0.15) is 0 Å². The van der Waals surface area contributed by atoms with Gasteiger partial charge in [-0.15, -0.1) is 0 Å². The van der Waals surface area contributed by atoms with Gasteiger partial charge >= 0.3 is 0 Å². The first-order valence-electron chi connectivity index (χ1n) is 12.4. The molecule has 0 radical (unpaired) electrons. The number of rotatable bonds is 8. The van der Waals surface area contributed by atoms with E-state index < -0.39 is 117 Å². The topological polar surface area (TPSA) is 266 Å². The van der Waals surface area contributed by atoms with Gasteiger partial charge in [-0.1, -0.05) is 0 Å². The molecule has 0 aromatic rings. The lowest BCUT2D eigenvalue weighted by atomic mass is 9.95. The zero-order chi connectivity index (χ0) is 29.2. The van der Waals surface area contributed by atoms with Gasteiger partial charge in [0, 0.05) is 13.8 Å². The third-order valence-electron chi connectivity index (χ3n) is 6.84. The third-order valence-corrected chi connectivity index (χ3v) is 6.84. The van der Waals surface area contributed by atoms with Crippen molar-refractivity contribution in [1.82, 2.24) is 10.6 Å². The Morgan fingerprint density at radius 2 is 1.33 bits per heavy atom. The molecule has 3 aliphatic heterocycles. The summed E-state index contributed by atoms with van der Waals surface area (Å²) in [6, 6.07) is -2.64. The molecular weight excluding hydrogens is 532 g/mol. The number of amides is 2. The molecule has 10 N–H and O–H groups in total. The highest BCUT2D eigenvalue weighted by atomic mass is 16.7. The van der Waals surface area contributed by atoms with E-state index in [-0.39, 0.29) is 0 Å². The smallest absolute Gasteiger partial charge is 0.217 e. The minimum absolute atomic E-state index is 0.547. The van der Waals surface area contributed by atoms with Crippen molar-refractivity contribution in [2.45, 2.75) is 113 Å². The summed E-state index contributed by atoms with van der Waals surface area (Å²) < 4.78 is 27.7. The Labute approximate surface area is 223 Å². The third kappa shape index (κ3) is 7.20. The molecule has 226 valence electrons. The number of aliphatic hydroxyl groups is 8. The molecule has 3 aliphatic rings. The fraction of sp³-hybridized carbons (Fsp3) is 0.909. The van der Waals surface area contributed by atoms with Gasteiger partial charge in [0.15, 0.2) is 18.9 Å². The van der Waals surface area contributed by atoms with Crippen molar-refractivity contribution in [3.05, 3.63) is 0 Å². The van der Waals surface area contributed by atoms with Crippen LogP contribution in [0.15, 0.2) is 0 Å². The fourth-order valence-corrected chi connectivity index (χ4v) is 4.71. The van der Waals surface area contributed by atoms with Gasteiger partial charge in [-0.3, -0.25) is 9.59 Å². The molecule has 0 aromatic carbocycles. The second-order valence-corrected chi connectivity index (χ2v) is 9.83. The van der Waals surface area contributed by atoms with E-state index in [1.54, 1.807) is 0 Å². The molecule has 39 heavy (non-hydrogen) atoms. The highest BCUT2D eigenvalue weighted by Gasteiger charge is 2.52. The van der Waals surface area contributed by atoms with Crippen LogP contribution in [0.5, 0.6) is 0 Å². The van der Waals surface area contributed by atoms with Gasteiger partial charge in [-0.25, -0.2) is 0 Å². The molecule has 1 unspecified atom stereocenters. The van der Waals surface area contributed by atoms with Crippen LogP contribution < -0.4 is 10.6 Å². The van der Waals surface area contributed by atoms with Crippen molar-refractivity contribution in [2.24, 2.45) is 0 Å². The highest BCUT2D eigenvalue weighted by Crippen LogP contribution is 2.30. The number of ether oxygens (including phenoxy) is 5. The van der Waals surface area contributed by atoms with Crippen molar-refractivity contribution in [1.29, 1.82) is 0 Å². The lowest BCUT2D eigenvalue weighted by molar-refractivity contribution is -0.344. The van der Waals surface area contributed by atoms with Crippen LogP contribution in [0.3, 0.4) is 0 Å². The van der Waals surface area contributed by atoms with Gasteiger partial charge in [0.25, 0.3) is 0 Å². The van der Waals surface area contributed by atoms with Crippen molar-refractivity contribution >= 4 is 11.8 Å². The van der Waals surface area contributed by atoms with Crippen LogP contribution in [0.2, 0.25) is 0 Å². The second kappa shape index (κ2) is 13.4. The van der Waals surface area contributed by atoms with Crippen LogP contribution >= 0.6 is 0 Å². The zero-order valence-corrected chi connectivity index (χ0v) is 21.5. The molecule has 0 aliphatic carbocycles. The van der Waals surface area contributed by atoms with E-state index in [2.05, 4.69) is 10.6 Å². The summed E-state index contributed by atoms with van der Waals surface area (Å²) >= 11 is 0. The van der Waals surface area contributed by atoms with E-state index in [9.17, 15) is 50.4 Å². The van der Waals surface area contributed by atoms with Crippen LogP contribution in [0.4, 0.5) is 0 Å². The molecule has 15 atom stereocenters. The van der Waals surface area contributed by atoms with Gasteiger partial charge in [0.1, 0.15) is 67.0 Å². The standard InChI is InChI=1S/C22H38N2O15/c1-6-13(28)17(32)18(33)22(36-6)39-19-12(24-8(3)27)21(38-9(4-25)15(19)30)35-5-10-14(29)16(31)11(20(34)37-10)23-7(2)26/h6,9-22,25,28-34H,4-5H2,1-3H3,(H,23,26)(H,24,27)/t6-,9+,10+,11+,12+,13+,14-,15+,16+,17+,18-,19+,20?,21+,22-/m0/s1. The van der Waals surface area contributed by atoms with E-state index in [0.717, 1.165) is 13.8 Å². The Morgan fingerprint density at radius 1 is 0.718 bits per heavy atom. The van der Waals surface area contributed by atoms with Crippen molar-refractivity contribution in [3.8, 4) is 0 Å². The quantitative estimate of drug-likeness (QED) is 0.130. The molecule has 17 nitrogen and oxygen atoms in total. The summed E-state index contributed by atoms with van der Waals surface area (Å²) in [5, 5.41) is 86.8. The van der Waals surface area contributed by atoms with Crippen molar-refractivity contribution < 1.29 is 74.1 Å². The Bertz CT molecular complexity index is 837. The van der Waals surface area contributed by atoms with Crippen LogP contribution in [0, 0.1) is 0 Å². The lowest BCUT2D eigenvalue weighted by Crippen LogP contribution is -2.68. The molecule has 0 bridgehead atoms. The summed E-state index contributed by atoms with van der Waals surface area (Å²) in [6.07, 6.45) is -19.6. The molecule has 3 rings (SSSR count). The van der Waals surface area contributed by atoms with E-state index >= 15 is 0 Å². The summed E-state index contributed by atoms with van der Waals surface area (Å²) in [4.78, 5) is 23.3. The first kappa shape index (κ1) is 31.9. The second-order valence-electron chi connectivity index (χ2n) is 9.83. The van der Waals surface area contributed by atoms with E-state index in [1.807, 2.05) is 0 Å². The fourth-order valence-electron chi connectivity index (χ4n) is 4.71. The maximum atomic E-state index is 12.0. The first-order valence-corrected chi connectivity index (χ1v) is 12.4. The first-order chi connectivity index (χ1) is 18.3. The van der Waals surface area contributed by atoms with E-state index in [4.69, 9.17) is 23.7 Å². The maximum Gasteiger partial charge on any atom is 0.217 e. The van der Waals surface area contributed by atoms with Crippen LogP contribution in [-0.2, 0) is 33.3 Å². The van der Waals surface area contributed by atoms with Crippen LogP contribution in [0.1, 0.15) is 20.8 Å². The Morgan fingerprint density at radius 3 is 1.92 bits per heavy atom. The molecule has 17 heteroatoms. The predicted octanol–water partition coefficient (Wildman–Crippen LogP) is -6.26. The SMILES string of the molecule is CC(=O)N[C@H]1[C@H](OC[C@H]2OC(O)[C@H](NC(C)=O)[C@@H](O)[C@H]2O)O[C@H](CO)[C@@H](O)[C@@H]1O[C@@H]1O[C@@H](C)[C@@H](O)[C@@H](O)[C@@H]1O. The Balaban J connectivity index is 1.78. The van der Waals surface area contributed by atoms with Crippen molar-refractivity contribution in [3.63, 3.8) is 0 Å². The van der Waals surface area contributed by atoms with E-state index in [1.165, 1.54) is 6.92 Å². The summed E-state index contributed by atoms with van der Waals surface area (Å²) in [5.74, 6) is -1.20. The molecule has 0 aromatic heterocycles. The minimum atomic E-state index is -1.75. The van der Waals surface area contributed by atoms with E-state index in [0.29, 0.717) is 0 Å². The van der Waals surface area contributed by atoms with Gasteiger partial charge in [0.2, 0.25) is 11.8 Å². The summed E-state index contributed by atoms with van der Waals surface area (Å²) in [5.41, 5.74) is 0. The van der Waals surface area contributed by atoms with Crippen LogP contribution in [0.25, 0.3) is 0 Å². The maximum absolute atomic E-state index is 12.0. The van der Waals surface area contributed by atoms with Crippen LogP contribution in [-0.4, -0.2) is 158 Å². The summed E-state index contributed by atoms with van der Waals surface area (Å²) in [6.45, 7) is 2.43. The predicted molar refractivity (Wildman–Crippen MR) is 123 cm³/mol. The molecule has 0 spiro atoms. The van der Waals surface area contributed by atoms with Crippen molar-refractivity contribution in [2.75, 3.05) is 13.2 Å². The number of nitrogens with one attached hydrogen (secondary N) is 2. The molecule has 0 saturated carbocycles.